The molecular weight excluding hydrogens is 334 g/mol. The first-order chi connectivity index (χ1) is 9.08. The van der Waals surface area contributed by atoms with E-state index in [1.807, 2.05) is 0 Å². The monoisotopic (exact) mass is 345 g/mol. The van der Waals surface area contributed by atoms with Gasteiger partial charge in [0.1, 0.15) is 16.4 Å². The van der Waals surface area contributed by atoms with Crippen LogP contribution in [-0.4, -0.2) is 40.4 Å². The molecule has 0 bridgehead atoms. The number of aromatic nitrogens is 3. The first-order valence-corrected chi connectivity index (χ1v) is 8.07. The SMILES string of the molecule is O=S(=O)(Nc1ncnn2c(Br)ccc12)N1CCCC1. The molecule has 7 nitrogen and oxygen atoms in total. The van der Waals surface area contributed by atoms with Gasteiger partial charge in [-0.05, 0) is 40.9 Å². The second-order valence-electron chi connectivity index (χ2n) is 4.28. The maximum atomic E-state index is 12.2. The Hall–Kier alpha value is -1.19. The van der Waals surface area contributed by atoms with Crippen molar-refractivity contribution in [2.24, 2.45) is 0 Å². The lowest BCUT2D eigenvalue weighted by molar-refractivity contribution is 0.482. The predicted octanol–water partition coefficient (Wildman–Crippen LogP) is 1.24. The van der Waals surface area contributed by atoms with Gasteiger partial charge in [0.05, 0.1) is 0 Å². The van der Waals surface area contributed by atoms with Gasteiger partial charge in [-0.15, -0.1) is 0 Å². The standard InChI is InChI=1S/C10H12BrN5O2S/c11-9-4-3-8-10(12-7-13-16(8)9)14-19(17,18)15-5-1-2-6-15/h3-4,7H,1-2,5-6H2,(H,12,13,14). The van der Waals surface area contributed by atoms with Crippen LogP contribution in [0.4, 0.5) is 5.82 Å². The summed E-state index contributed by atoms with van der Waals surface area (Å²) in [5.41, 5.74) is 0.608. The second-order valence-corrected chi connectivity index (χ2v) is 6.76. The molecule has 1 aliphatic rings. The van der Waals surface area contributed by atoms with Crippen LogP contribution in [0.5, 0.6) is 0 Å². The molecule has 102 valence electrons. The van der Waals surface area contributed by atoms with Gasteiger partial charge in [-0.2, -0.15) is 17.8 Å². The zero-order chi connectivity index (χ0) is 13.5. The molecule has 1 fully saturated rings. The van der Waals surface area contributed by atoms with Gasteiger partial charge in [-0.1, -0.05) is 0 Å². The smallest absolute Gasteiger partial charge is 0.253 e. The number of hydrogen-bond donors (Lipinski definition) is 1. The Morgan fingerprint density at radius 2 is 2.00 bits per heavy atom. The minimum atomic E-state index is -3.53. The van der Waals surface area contributed by atoms with Gasteiger partial charge in [-0.25, -0.2) is 9.50 Å². The summed E-state index contributed by atoms with van der Waals surface area (Å²) in [6, 6.07) is 3.55. The Morgan fingerprint density at radius 1 is 1.26 bits per heavy atom. The van der Waals surface area contributed by atoms with E-state index in [1.165, 1.54) is 10.6 Å². The fourth-order valence-corrected chi connectivity index (χ4v) is 3.78. The molecule has 2 aromatic heterocycles. The summed E-state index contributed by atoms with van der Waals surface area (Å²) < 4.78 is 30.6. The highest BCUT2D eigenvalue weighted by Gasteiger charge is 2.26. The van der Waals surface area contributed by atoms with Gasteiger partial charge in [0, 0.05) is 13.1 Å². The molecule has 0 saturated carbocycles. The molecule has 3 heterocycles. The van der Waals surface area contributed by atoms with Crippen molar-refractivity contribution in [3.63, 3.8) is 0 Å². The molecule has 0 unspecified atom stereocenters. The average molecular weight is 346 g/mol. The van der Waals surface area contributed by atoms with Crippen LogP contribution in [0.3, 0.4) is 0 Å². The molecule has 0 aliphatic carbocycles. The van der Waals surface area contributed by atoms with E-state index in [2.05, 4.69) is 30.7 Å². The van der Waals surface area contributed by atoms with Crippen molar-refractivity contribution in [1.29, 1.82) is 0 Å². The Kier molecular flexibility index (Phi) is 3.19. The van der Waals surface area contributed by atoms with E-state index >= 15 is 0 Å². The normalized spacial score (nSPS) is 17.1. The first kappa shape index (κ1) is 12.8. The van der Waals surface area contributed by atoms with Crippen molar-refractivity contribution in [3.05, 3.63) is 23.1 Å². The van der Waals surface area contributed by atoms with Crippen molar-refractivity contribution in [2.45, 2.75) is 12.8 Å². The van der Waals surface area contributed by atoms with E-state index in [1.54, 1.807) is 16.6 Å². The van der Waals surface area contributed by atoms with Crippen LogP contribution < -0.4 is 4.72 Å². The number of nitrogens with one attached hydrogen (secondary N) is 1. The van der Waals surface area contributed by atoms with Gasteiger partial charge in [-0.3, -0.25) is 4.72 Å². The first-order valence-electron chi connectivity index (χ1n) is 5.84. The highest BCUT2D eigenvalue weighted by molar-refractivity contribution is 9.10. The molecule has 3 rings (SSSR count). The maximum absolute atomic E-state index is 12.2. The van der Waals surface area contributed by atoms with E-state index in [-0.39, 0.29) is 5.82 Å². The summed E-state index contributed by atoms with van der Waals surface area (Å²) >= 11 is 3.33. The minimum Gasteiger partial charge on any atom is -0.253 e. The van der Waals surface area contributed by atoms with Crippen LogP contribution in [0.25, 0.3) is 5.52 Å². The molecule has 0 spiro atoms. The molecule has 2 aromatic rings. The quantitative estimate of drug-likeness (QED) is 0.907. The van der Waals surface area contributed by atoms with Crippen LogP contribution >= 0.6 is 15.9 Å². The molecule has 1 N–H and O–H groups in total. The summed E-state index contributed by atoms with van der Waals surface area (Å²) in [4.78, 5) is 4.01. The van der Waals surface area contributed by atoms with Crippen molar-refractivity contribution in [3.8, 4) is 0 Å². The Balaban J connectivity index is 1.97. The van der Waals surface area contributed by atoms with Crippen molar-refractivity contribution >= 4 is 37.5 Å². The summed E-state index contributed by atoms with van der Waals surface area (Å²) in [6.45, 7) is 1.11. The van der Waals surface area contributed by atoms with E-state index in [4.69, 9.17) is 0 Å². The lowest BCUT2D eigenvalue weighted by atomic mass is 10.4. The lowest BCUT2D eigenvalue weighted by Crippen LogP contribution is -2.33. The second kappa shape index (κ2) is 4.73. The Bertz CT molecular complexity index is 708. The van der Waals surface area contributed by atoms with Gasteiger partial charge >= 0.3 is 10.2 Å². The maximum Gasteiger partial charge on any atom is 0.302 e. The average Bonchev–Trinajstić information content (AvgIpc) is 3.00. The Labute approximate surface area is 118 Å². The third-order valence-electron chi connectivity index (χ3n) is 3.04. The molecule has 9 heteroatoms. The summed E-state index contributed by atoms with van der Waals surface area (Å²) in [6.07, 6.45) is 3.12. The largest absolute Gasteiger partial charge is 0.302 e. The third kappa shape index (κ3) is 2.33. The molecule has 0 amide bonds. The van der Waals surface area contributed by atoms with Gasteiger partial charge < -0.3 is 0 Å². The molecule has 1 aliphatic heterocycles. The van der Waals surface area contributed by atoms with Crippen LogP contribution in [-0.2, 0) is 10.2 Å². The molecule has 19 heavy (non-hydrogen) atoms. The number of anilines is 1. The third-order valence-corrected chi connectivity index (χ3v) is 5.13. The van der Waals surface area contributed by atoms with Crippen LogP contribution in [0.15, 0.2) is 23.1 Å². The fourth-order valence-electron chi connectivity index (χ4n) is 2.10. The van der Waals surface area contributed by atoms with Gasteiger partial charge in [0.25, 0.3) is 0 Å². The number of rotatable bonds is 3. The Morgan fingerprint density at radius 3 is 2.74 bits per heavy atom. The summed E-state index contributed by atoms with van der Waals surface area (Å²) in [5.74, 6) is 0.285. The summed E-state index contributed by atoms with van der Waals surface area (Å²) in [5, 5.41) is 4.04. The number of fused-ring (bicyclic) bond motifs is 1. The zero-order valence-corrected chi connectivity index (χ0v) is 12.4. The van der Waals surface area contributed by atoms with Crippen LogP contribution in [0.1, 0.15) is 12.8 Å². The number of halogens is 1. The van der Waals surface area contributed by atoms with Crippen LogP contribution in [0, 0.1) is 0 Å². The lowest BCUT2D eigenvalue weighted by Gasteiger charge is -2.16. The zero-order valence-electron chi connectivity index (χ0n) is 9.95. The predicted molar refractivity (Wildman–Crippen MR) is 74.0 cm³/mol. The number of hydrogen-bond acceptors (Lipinski definition) is 4. The van der Waals surface area contributed by atoms with E-state index in [0.717, 1.165) is 17.4 Å². The fraction of sp³-hybridized carbons (Fsp3) is 0.400. The van der Waals surface area contributed by atoms with E-state index < -0.39 is 10.2 Å². The van der Waals surface area contributed by atoms with Crippen LogP contribution in [0.2, 0.25) is 0 Å². The van der Waals surface area contributed by atoms with Gasteiger partial charge in [0.15, 0.2) is 5.82 Å². The van der Waals surface area contributed by atoms with E-state index in [9.17, 15) is 8.42 Å². The molecule has 1 saturated heterocycles. The van der Waals surface area contributed by atoms with Gasteiger partial charge in [0.2, 0.25) is 0 Å². The molecule has 0 aromatic carbocycles. The summed E-state index contributed by atoms with van der Waals surface area (Å²) in [7, 11) is -3.53. The molecular formula is C10H12BrN5O2S. The highest BCUT2D eigenvalue weighted by atomic mass is 79.9. The van der Waals surface area contributed by atoms with Crippen molar-refractivity contribution in [2.75, 3.05) is 17.8 Å². The number of nitrogens with zero attached hydrogens (tertiary/aromatic N) is 4. The molecule has 0 atom stereocenters. The van der Waals surface area contributed by atoms with Crippen molar-refractivity contribution < 1.29 is 8.42 Å². The topological polar surface area (TPSA) is 79.6 Å². The van der Waals surface area contributed by atoms with E-state index in [0.29, 0.717) is 18.6 Å². The van der Waals surface area contributed by atoms with Crippen molar-refractivity contribution in [1.82, 2.24) is 18.9 Å². The highest BCUT2D eigenvalue weighted by Crippen LogP contribution is 2.22. The minimum absolute atomic E-state index is 0.285. The molecule has 0 radical (unpaired) electrons.